The van der Waals surface area contributed by atoms with Crippen LogP contribution in [0.4, 0.5) is 15.8 Å². The number of carbonyl (C=O) groups is 2. The van der Waals surface area contributed by atoms with Gasteiger partial charge in [-0.3, -0.25) is 9.59 Å². The summed E-state index contributed by atoms with van der Waals surface area (Å²) in [7, 11) is 0. The molecular formula is C16H11Cl2FN2O2. The Balaban J connectivity index is 1.84. The Labute approximate surface area is 141 Å². The summed E-state index contributed by atoms with van der Waals surface area (Å²) in [5, 5.41) is 3.65. The average Bonchev–Trinajstić information content (AvgIpc) is 2.78. The van der Waals surface area contributed by atoms with Gasteiger partial charge in [0.2, 0.25) is 5.91 Å². The van der Waals surface area contributed by atoms with Gasteiger partial charge in [-0.1, -0.05) is 35.3 Å². The van der Waals surface area contributed by atoms with E-state index < -0.39 is 23.7 Å². The Kier molecular flexibility index (Phi) is 4.24. The molecule has 0 radical (unpaired) electrons. The summed E-state index contributed by atoms with van der Waals surface area (Å²) in [4.78, 5) is 25.4. The first-order valence-electron chi connectivity index (χ1n) is 6.80. The Morgan fingerprint density at radius 2 is 1.83 bits per heavy atom. The second-order valence-electron chi connectivity index (χ2n) is 5.05. The van der Waals surface area contributed by atoms with Gasteiger partial charge < -0.3 is 5.32 Å². The van der Waals surface area contributed by atoms with Crippen LogP contribution < -0.4 is 10.2 Å². The van der Waals surface area contributed by atoms with E-state index in [0.717, 1.165) is 4.90 Å². The molecule has 1 N–H and O–H groups in total. The van der Waals surface area contributed by atoms with Gasteiger partial charge in [0.15, 0.2) is 0 Å². The predicted octanol–water partition coefficient (Wildman–Crippen LogP) is 3.88. The minimum absolute atomic E-state index is 0.0408. The van der Waals surface area contributed by atoms with Crippen LogP contribution in [-0.4, -0.2) is 17.9 Å². The highest BCUT2D eigenvalue weighted by atomic mass is 35.5. The number of carbonyl (C=O) groups excluding carboxylic acids is 2. The minimum Gasteiger partial charge on any atom is -0.373 e. The van der Waals surface area contributed by atoms with Crippen LogP contribution in [0.15, 0.2) is 42.5 Å². The summed E-state index contributed by atoms with van der Waals surface area (Å²) in [5.74, 6) is -1.59. The summed E-state index contributed by atoms with van der Waals surface area (Å²) in [5.41, 5.74) is 0.516. The van der Waals surface area contributed by atoms with Crippen molar-refractivity contribution in [2.75, 3.05) is 10.2 Å². The third-order valence-electron chi connectivity index (χ3n) is 3.50. The highest BCUT2D eigenvalue weighted by Gasteiger charge is 2.40. The lowest BCUT2D eigenvalue weighted by Crippen LogP contribution is -2.35. The molecule has 0 spiro atoms. The average molecular weight is 353 g/mol. The van der Waals surface area contributed by atoms with E-state index >= 15 is 0 Å². The van der Waals surface area contributed by atoms with Crippen molar-refractivity contribution >= 4 is 46.4 Å². The normalized spacial score (nSPS) is 17.7. The molecule has 0 aliphatic carbocycles. The third kappa shape index (κ3) is 3.02. The van der Waals surface area contributed by atoms with E-state index in [4.69, 9.17) is 23.2 Å². The monoisotopic (exact) mass is 352 g/mol. The van der Waals surface area contributed by atoms with E-state index in [1.807, 2.05) is 0 Å². The molecule has 1 fully saturated rings. The molecule has 23 heavy (non-hydrogen) atoms. The van der Waals surface area contributed by atoms with Gasteiger partial charge in [-0.25, -0.2) is 9.29 Å². The smallest absolute Gasteiger partial charge is 0.256 e. The molecule has 0 aromatic heterocycles. The predicted molar refractivity (Wildman–Crippen MR) is 87.4 cm³/mol. The fraction of sp³-hybridized carbons (Fsp3) is 0.125. The number of nitrogens with one attached hydrogen (secondary N) is 1. The van der Waals surface area contributed by atoms with Crippen molar-refractivity contribution in [2.24, 2.45) is 0 Å². The molecular weight excluding hydrogens is 342 g/mol. The maximum Gasteiger partial charge on any atom is 0.256 e. The molecule has 0 unspecified atom stereocenters. The van der Waals surface area contributed by atoms with Gasteiger partial charge >= 0.3 is 0 Å². The van der Waals surface area contributed by atoms with Gasteiger partial charge in [-0.15, -0.1) is 0 Å². The first-order chi connectivity index (χ1) is 11.0. The lowest BCUT2D eigenvalue weighted by Gasteiger charge is -2.16. The first-order valence-corrected chi connectivity index (χ1v) is 7.56. The second kappa shape index (κ2) is 6.18. The van der Waals surface area contributed by atoms with Crippen molar-refractivity contribution < 1.29 is 14.0 Å². The summed E-state index contributed by atoms with van der Waals surface area (Å²) < 4.78 is 13.8. The molecule has 2 aromatic rings. The number of amides is 2. The molecule has 2 aromatic carbocycles. The zero-order chi connectivity index (χ0) is 16.6. The maximum atomic E-state index is 13.8. The van der Waals surface area contributed by atoms with Crippen LogP contribution in [0, 0.1) is 5.82 Å². The van der Waals surface area contributed by atoms with Crippen LogP contribution in [0.3, 0.4) is 0 Å². The number of hydrogen-bond acceptors (Lipinski definition) is 3. The standard InChI is InChI=1S/C16H11Cl2FN2O2/c17-10-6-5-9(7-11(10)18)20-13-8-15(22)21(16(13)23)14-4-2-1-3-12(14)19/h1-7,13,20H,8H2/t13-/m0/s1. The van der Waals surface area contributed by atoms with Crippen molar-refractivity contribution in [1.29, 1.82) is 0 Å². The molecule has 1 saturated heterocycles. The summed E-state index contributed by atoms with van der Waals surface area (Å²) >= 11 is 11.8. The van der Waals surface area contributed by atoms with E-state index in [0.29, 0.717) is 15.7 Å². The molecule has 1 aliphatic heterocycles. The van der Waals surface area contributed by atoms with Crippen LogP contribution in [0.2, 0.25) is 10.0 Å². The van der Waals surface area contributed by atoms with Crippen LogP contribution in [-0.2, 0) is 9.59 Å². The van der Waals surface area contributed by atoms with Crippen molar-refractivity contribution in [3.8, 4) is 0 Å². The molecule has 1 aliphatic rings. The molecule has 4 nitrogen and oxygen atoms in total. The van der Waals surface area contributed by atoms with Gasteiger partial charge in [0, 0.05) is 5.69 Å². The van der Waals surface area contributed by atoms with E-state index in [1.54, 1.807) is 24.3 Å². The first kappa shape index (κ1) is 15.8. The fourth-order valence-corrected chi connectivity index (χ4v) is 2.72. The Morgan fingerprint density at radius 1 is 1.09 bits per heavy atom. The molecule has 2 amide bonds. The molecule has 0 bridgehead atoms. The number of benzene rings is 2. The molecule has 3 rings (SSSR count). The van der Waals surface area contributed by atoms with Crippen molar-refractivity contribution in [1.82, 2.24) is 0 Å². The number of para-hydroxylation sites is 1. The van der Waals surface area contributed by atoms with E-state index in [2.05, 4.69) is 5.32 Å². The van der Waals surface area contributed by atoms with E-state index in [-0.39, 0.29) is 12.1 Å². The molecule has 1 atom stereocenters. The van der Waals surface area contributed by atoms with Crippen molar-refractivity contribution in [3.05, 3.63) is 58.3 Å². The Morgan fingerprint density at radius 3 is 2.52 bits per heavy atom. The van der Waals surface area contributed by atoms with Crippen molar-refractivity contribution in [2.45, 2.75) is 12.5 Å². The summed E-state index contributed by atoms with van der Waals surface area (Å²) in [6, 6.07) is 9.68. The SMILES string of the molecule is O=C1C[C@H](Nc2ccc(Cl)c(Cl)c2)C(=O)N1c1ccccc1F. The zero-order valence-electron chi connectivity index (χ0n) is 11.7. The Bertz CT molecular complexity index is 797. The highest BCUT2D eigenvalue weighted by Crippen LogP contribution is 2.29. The fourth-order valence-electron chi connectivity index (χ4n) is 2.42. The lowest BCUT2D eigenvalue weighted by molar-refractivity contribution is -0.121. The van der Waals surface area contributed by atoms with Crippen LogP contribution >= 0.6 is 23.2 Å². The molecule has 0 saturated carbocycles. The number of halogens is 3. The van der Waals surface area contributed by atoms with E-state index in [9.17, 15) is 14.0 Å². The van der Waals surface area contributed by atoms with Gasteiger partial charge in [-0.05, 0) is 30.3 Å². The molecule has 118 valence electrons. The van der Waals surface area contributed by atoms with Crippen LogP contribution in [0.5, 0.6) is 0 Å². The number of rotatable bonds is 3. The maximum absolute atomic E-state index is 13.8. The van der Waals surface area contributed by atoms with Gasteiger partial charge in [0.1, 0.15) is 11.9 Å². The lowest BCUT2D eigenvalue weighted by atomic mass is 10.2. The largest absolute Gasteiger partial charge is 0.373 e. The zero-order valence-corrected chi connectivity index (χ0v) is 13.2. The molecule has 1 heterocycles. The van der Waals surface area contributed by atoms with Crippen molar-refractivity contribution in [3.63, 3.8) is 0 Å². The third-order valence-corrected chi connectivity index (χ3v) is 4.24. The van der Waals surface area contributed by atoms with Gasteiger partial charge in [0.05, 0.1) is 22.2 Å². The van der Waals surface area contributed by atoms with Crippen LogP contribution in [0.1, 0.15) is 6.42 Å². The van der Waals surface area contributed by atoms with Crippen LogP contribution in [0.25, 0.3) is 0 Å². The highest BCUT2D eigenvalue weighted by molar-refractivity contribution is 6.42. The van der Waals surface area contributed by atoms with E-state index in [1.165, 1.54) is 18.2 Å². The summed E-state index contributed by atoms with van der Waals surface area (Å²) in [6.45, 7) is 0. The number of nitrogens with zero attached hydrogens (tertiary/aromatic N) is 1. The molecule has 7 heteroatoms. The summed E-state index contributed by atoms with van der Waals surface area (Å²) in [6.07, 6.45) is -0.0621. The number of hydrogen-bond donors (Lipinski definition) is 1. The number of anilines is 2. The Hall–Kier alpha value is -2.11. The quantitative estimate of drug-likeness (QED) is 0.852. The minimum atomic E-state index is -0.778. The topological polar surface area (TPSA) is 49.4 Å². The van der Waals surface area contributed by atoms with Gasteiger partial charge in [-0.2, -0.15) is 0 Å². The number of imide groups is 1. The van der Waals surface area contributed by atoms with Gasteiger partial charge in [0.25, 0.3) is 5.91 Å². The second-order valence-corrected chi connectivity index (χ2v) is 5.86.